The van der Waals surface area contributed by atoms with Gasteiger partial charge in [0.2, 0.25) is 0 Å². The first-order chi connectivity index (χ1) is 14.4. The average Bonchev–Trinajstić information content (AvgIpc) is 3.43. The fourth-order valence-electron chi connectivity index (χ4n) is 4.34. The Hall–Kier alpha value is -3.37. The predicted octanol–water partition coefficient (Wildman–Crippen LogP) is 6.33. The number of hydrogen-bond acceptors (Lipinski definition) is 3. The Morgan fingerprint density at radius 2 is 1.59 bits per heavy atom. The van der Waals surface area contributed by atoms with E-state index >= 15 is 0 Å². The van der Waals surface area contributed by atoms with E-state index in [1.54, 1.807) is 11.3 Å². The van der Waals surface area contributed by atoms with Crippen LogP contribution in [0, 0.1) is 0 Å². The second-order valence-electron chi connectivity index (χ2n) is 7.31. The quantitative estimate of drug-likeness (QED) is 0.357. The minimum absolute atomic E-state index is 0.0764. The van der Waals surface area contributed by atoms with Crippen LogP contribution in [-0.2, 0) is 6.54 Å². The highest BCUT2D eigenvalue weighted by atomic mass is 32.1. The molecule has 0 saturated heterocycles. The highest BCUT2D eigenvalue weighted by Gasteiger charge is 2.34. The van der Waals surface area contributed by atoms with Crippen molar-refractivity contribution in [2.45, 2.75) is 12.7 Å². The summed E-state index contributed by atoms with van der Waals surface area (Å²) < 4.78 is 2.41. The lowest BCUT2D eigenvalue weighted by Crippen LogP contribution is -2.36. The SMILES string of the molecule is c1ccc(CN2c3ccccc3-c3nc4ccccc4n3[C@@H]2c2cccs2)cc1. The Bertz CT molecular complexity index is 1290. The summed E-state index contributed by atoms with van der Waals surface area (Å²) in [6.45, 7) is 0.840. The van der Waals surface area contributed by atoms with E-state index in [2.05, 4.69) is 106 Å². The van der Waals surface area contributed by atoms with Gasteiger partial charge in [-0.15, -0.1) is 11.3 Å². The van der Waals surface area contributed by atoms with Gasteiger partial charge in [-0.05, 0) is 41.3 Å². The van der Waals surface area contributed by atoms with Gasteiger partial charge in [0.25, 0.3) is 0 Å². The Labute approximate surface area is 173 Å². The number of imidazole rings is 1. The molecule has 1 aliphatic heterocycles. The van der Waals surface area contributed by atoms with Crippen LogP contribution in [0.2, 0.25) is 0 Å². The van der Waals surface area contributed by atoms with Gasteiger partial charge in [0.05, 0.1) is 11.0 Å². The zero-order valence-electron chi connectivity index (χ0n) is 15.8. The molecule has 5 aromatic rings. The maximum atomic E-state index is 5.04. The molecule has 29 heavy (non-hydrogen) atoms. The molecular weight excluding hydrogens is 374 g/mol. The van der Waals surface area contributed by atoms with E-state index in [-0.39, 0.29) is 6.17 Å². The number of thiophene rings is 1. The van der Waals surface area contributed by atoms with E-state index in [0.717, 1.165) is 17.9 Å². The topological polar surface area (TPSA) is 21.1 Å². The number of hydrogen-bond donors (Lipinski definition) is 0. The molecule has 0 radical (unpaired) electrons. The summed E-state index contributed by atoms with van der Waals surface area (Å²) in [5.74, 6) is 1.05. The van der Waals surface area contributed by atoms with Crippen molar-refractivity contribution in [3.63, 3.8) is 0 Å². The van der Waals surface area contributed by atoms with Crippen molar-refractivity contribution in [2.75, 3.05) is 4.90 Å². The molecule has 2 aromatic heterocycles. The third kappa shape index (κ3) is 2.60. The first kappa shape index (κ1) is 16.6. The summed E-state index contributed by atoms with van der Waals surface area (Å²) in [4.78, 5) is 8.87. The molecule has 0 amide bonds. The van der Waals surface area contributed by atoms with E-state index < -0.39 is 0 Å². The van der Waals surface area contributed by atoms with E-state index in [1.807, 2.05) is 0 Å². The van der Waals surface area contributed by atoms with E-state index in [1.165, 1.54) is 27.2 Å². The van der Waals surface area contributed by atoms with Crippen molar-refractivity contribution in [2.24, 2.45) is 0 Å². The molecule has 0 saturated carbocycles. The first-order valence-electron chi connectivity index (χ1n) is 9.80. The molecule has 0 bridgehead atoms. The largest absolute Gasteiger partial charge is 0.341 e. The van der Waals surface area contributed by atoms with Gasteiger partial charge in [-0.25, -0.2) is 4.98 Å². The average molecular weight is 394 g/mol. The number of benzene rings is 3. The lowest BCUT2D eigenvalue weighted by atomic mass is 10.0. The van der Waals surface area contributed by atoms with Gasteiger partial charge in [-0.3, -0.25) is 4.57 Å². The number of para-hydroxylation sites is 3. The van der Waals surface area contributed by atoms with E-state index in [9.17, 15) is 0 Å². The fourth-order valence-corrected chi connectivity index (χ4v) is 5.16. The zero-order chi connectivity index (χ0) is 19.2. The second-order valence-corrected chi connectivity index (χ2v) is 8.29. The van der Waals surface area contributed by atoms with Crippen LogP contribution in [0.3, 0.4) is 0 Å². The predicted molar refractivity (Wildman–Crippen MR) is 120 cm³/mol. The van der Waals surface area contributed by atoms with Gasteiger partial charge in [0, 0.05) is 22.7 Å². The van der Waals surface area contributed by atoms with Crippen LogP contribution in [0.1, 0.15) is 16.6 Å². The lowest BCUT2D eigenvalue weighted by molar-refractivity contribution is 0.551. The highest BCUT2D eigenvalue weighted by Crippen LogP contribution is 2.46. The van der Waals surface area contributed by atoms with Crippen LogP contribution >= 0.6 is 11.3 Å². The molecule has 140 valence electrons. The standard InChI is InChI=1S/C25H19N3S/c1-2-9-18(10-3-1)17-27-21-13-6-4-11-19(21)24-26-20-12-5-7-14-22(20)28(24)25(27)23-15-8-16-29-23/h1-16,25H,17H2/t25-/m1/s1. The summed E-state index contributed by atoms with van der Waals surface area (Å²) >= 11 is 1.80. The molecule has 0 aliphatic carbocycles. The third-order valence-electron chi connectivity index (χ3n) is 5.58. The zero-order valence-corrected chi connectivity index (χ0v) is 16.6. The highest BCUT2D eigenvalue weighted by molar-refractivity contribution is 7.10. The van der Waals surface area contributed by atoms with Crippen molar-refractivity contribution < 1.29 is 0 Å². The monoisotopic (exact) mass is 393 g/mol. The van der Waals surface area contributed by atoms with Crippen LogP contribution in [0.5, 0.6) is 0 Å². The summed E-state index contributed by atoms with van der Waals surface area (Å²) in [5, 5.41) is 2.16. The summed E-state index contributed by atoms with van der Waals surface area (Å²) in [7, 11) is 0. The molecule has 1 aliphatic rings. The van der Waals surface area contributed by atoms with Gasteiger partial charge < -0.3 is 4.90 Å². The van der Waals surface area contributed by atoms with Crippen LogP contribution in [0.25, 0.3) is 22.4 Å². The van der Waals surface area contributed by atoms with Crippen molar-refractivity contribution in [1.82, 2.24) is 9.55 Å². The smallest absolute Gasteiger partial charge is 0.145 e. The number of fused-ring (bicyclic) bond motifs is 5. The minimum Gasteiger partial charge on any atom is -0.341 e. The third-order valence-corrected chi connectivity index (χ3v) is 6.50. The van der Waals surface area contributed by atoms with Gasteiger partial charge in [0.1, 0.15) is 12.0 Å². The molecular formula is C25H19N3S. The Morgan fingerprint density at radius 1 is 0.793 bits per heavy atom. The van der Waals surface area contributed by atoms with Crippen molar-refractivity contribution >= 4 is 28.1 Å². The van der Waals surface area contributed by atoms with Gasteiger partial charge in [0.15, 0.2) is 0 Å². The Morgan fingerprint density at radius 3 is 2.45 bits per heavy atom. The van der Waals surface area contributed by atoms with Crippen molar-refractivity contribution in [3.05, 3.63) is 107 Å². The molecule has 3 heterocycles. The molecule has 3 aromatic carbocycles. The van der Waals surface area contributed by atoms with Crippen LogP contribution < -0.4 is 4.90 Å². The maximum Gasteiger partial charge on any atom is 0.145 e. The number of anilines is 1. The van der Waals surface area contributed by atoms with Crippen LogP contribution in [0.15, 0.2) is 96.4 Å². The molecule has 0 unspecified atom stereocenters. The Balaban J connectivity index is 1.64. The van der Waals surface area contributed by atoms with Crippen molar-refractivity contribution in [3.8, 4) is 11.4 Å². The van der Waals surface area contributed by atoms with Crippen molar-refractivity contribution in [1.29, 1.82) is 0 Å². The van der Waals surface area contributed by atoms with Gasteiger partial charge in [-0.2, -0.15) is 0 Å². The number of rotatable bonds is 3. The molecule has 0 spiro atoms. The molecule has 1 atom stereocenters. The summed E-state index contributed by atoms with van der Waals surface area (Å²) in [5.41, 5.74) is 5.94. The lowest BCUT2D eigenvalue weighted by Gasteiger charge is -2.40. The summed E-state index contributed by atoms with van der Waals surface area (Å²) in [6, 6.07) is 32.2. The summed E-state index contributed by atoms with van der Waals surface area (Å²) in [6.07, 6.45) is 0.0764. The molecule has 3 nitrogen and oxygen atoms in total. The van der Waals surface area contributed by atoms with Gasteiger partial charge in [-0.1, -0.05) is 60.7 Å². The fraction of sp³-hybridized carbons (Fsp3) is 0.0800. The molecule has 0 fully saturated rings. The van der Waals surface area contributed by atoms with Gasteiger partial charge >= 0.3 is 0 Å². The minimum atomic E-state index is 0.0764. The Kier molecular flexibility index (Phi) is 3.77. The van der Waals surface area contributed by atoms with E-state index in [0.29, 0.717) is 0 Å². The van der Waals surface area contributed by atoms with Crippen LogP contribution in [0.4, 0.5) is 5.69 Å². The number of aromatic nitrogens is 2. The molecule has 0 N–H and O–H groups in total. The maximum absolute atomic E-state index is 5.04. The van der Waals surface area contributed by atoms with Crippen LogP contribution in [-0.4, -0.2) is 9.55 Å². The molecule has 4 heteroatoms. The normalized spacial score (nSPS) is 15.3. The molecule has 6 rings (SSSR count). The number of nitrogens with zero attached hydrogens (tertiary/aromatic N) is 3. The first-order valence-corrected chi connectivity index (χ1v) is 10.7. The van der Waals surface area contributed by atoms with E-state index in [4.69, 9.17) is 4.98 Å². The second kappa shape index (κ2) is 6.61.